The van der Waals surface area contributed by atoms with Crippen molar-refractivity contribution in [3.63, 3.8) is 0 Å². The smallest absolute Gasteiger partial charge is 0.224 e. The van der Waals surface area contributed by atoms with Crippen molar-refractivity contribution >= 4 is 17.5 Å². The Labute approximate surface area is 140 Å². The molecule has 0 saturated heterocycles. The van der Waals surface area contributed by atoms with Crippen LogP contribution in [0, 0.1) is 19.8 Å². The Kier molecular flexibility index (Phi) is 5.97. The Morgan fingerprint density at radius 3 is 2.57 bits per heavy atom. The van der Waals surface area contributed by atoms with Gasteiger partial charge in [-0.3, -0.25) is 0 Å². The minimum atomic E-state index is 0.672. The quantitative estimate of drug-likeness (QED) is 0.804. The van der Waals surface area contributed by atoms with Crippen molar-refractivity contribution in [2.45, 2.75) is 41.0 Å². The average Bonchev–Trinajstić information content (AvgIpc) is 2.47. The van der Waals surface area contributed by atoms with Crippen molar-refractivity contribution in [2.75, 3.05) is 23.3 Å². The normalized spacial score (nSPS) is 10.9. The van der Waals surface area contributed by atoms with Crippen LogP contribution in [0.25, 0.3) is 0 Å². The van der Waals surface area contributed by atoms with Gasteiger partial charge in [0, 0.05) is 30.5 Å². The molecule has 0 amide bonds. The molecular weight excluding hydrogens is 284 g/mol. The van der Waals surface area contributed by atoms with Gasteiger partial charge in [-0.15, -0.1) is 0 Å². The average molecular weight is 312 g/mol. The summed E-state index contributed by atoms with van der Waals surface area (Å²) in [6.07, 6.45) is 1.11. The van der Waals surface area contributed by atoms with E-state index in [2.05, 4.69) is 67.2 Å². The molecule has 23 heavy (non-hydrogen) atoms. The van der Waals surface area contributed by atoms with E-state index in [4.69, 9.17) is 4.98 Å². The van der Waals surface area contributed by atoms with Gasteiger partial charge in [0.25, 0.3) is 0 Å². The molecule has 0 fully saturated rings. The van der Waals surface area contributed by atoms with E-state index in [1.807, 2.05) is 13.0 Å². The maximum Gasteiger partial charge on any atom is 0.224 e. The molecule has 0 aliphatic rings. The fourth-order valence-electron chi connectivity index (χ4n) is 2.51. The molecule has 124 valence electrons. The number of aryl methyl sites for hydroxylation is 2. The molecule has 0 atom stereocenters. The van der Waals surface area contributed by atoms with Crippen molar-refractivity contribution in [3.8, 4) is 0 Å². The number of nitrogens with one attached hydrogen (secondary N) is 1. The molecule has 0 unspecified atom stereocenters. The summed E-state index contributed by atoms with van der Waals surface area (Å²) in [5, 5.41) is 3.35. The highest BCUT2D eigenvalue weighted by Crippen LogP contribution is 2.25. The van der Waals surface area contributed by atoms with E-state index in [1.165, 1.54) is 11.3 Å². The highest BCUT2D eigenvalue weighted by molar-refractivity contribution is 5.61. The standard InChI is InChI=1S/C19H28N4/c1-6-23(17-9-7-8-15(4)12-17)18-13-16(5)21-19(22-18)20-11-10-14(2)3/h7-9,12-14H,6,10-11H2,1-5H3,(H,20,21,22). The van der Waals surface area contributed by atoms with Gasteiger partial charge in [0.15, 0.2) is 0 Å². The van der Waals surface area contributed by atoms with Crippen molar-refractivity contribution in [1.29, 1.82) is 0 Å². The summed E-state index contributed by atoms with van der Waals surface area (Å²) < 4.78 is 0. The van der Waals surface area contributed by atoms with E-state index in [9.17, 15) is 0 Å². The fourth-order valence-corrected chi connectivity index (χ4v) is 2.51. The Morgan fingerprint density at radius 1 is 1.13 bits per heavy atom. The lowest BCUT2D eigenvalue weighted by Crippen LogP contribution is -2.19. The van der Waals surface area contributed by atoms with Crippen LogP contribution < -0.4 is 10.2 Å². The second-order valence-corrected chi connectivity index (χ2v) is 6.38. The third kappa shape index (κ3) is 4.95. The molecule has 2 rings (SSSR count). The van der Waals surface area contributed by atoms with Crippen LogP contribution >= 0.6 is 0 Å². The van der Waals surface area contributed by atoms with Gasteiger partial charge < -0.3 is 10.2 Å². The van der Waals surface area contributed by atoms with Gasteiger partial charge in [-0.05, 0) is 50.8 Å². The zero-order chi connectivity index (χ0) is 16.8. The molecule has 2 aromatic rings. The highest BCUT2D eigenvalue weighted by Gasteiger charge is 2.11. The summed E-state index contributed by atoms with van der Waals surface area (Å²) in [5.41, 5.74) is 3.40. The number of rotatable bonds is 7. The molecular formula is C19H28N4. The van der Waals surface area contributed by atoms with Gasteiger partial charge in [0.05, 0.1) is 0 Å². The second-order valence-electron chi connectivity index (χ2n) is 6.38. The molecule has 0 bridgehead atoms. The van der Waals surface area contributed by atoms with Gasteiger partial charge in [0.2, 0.25) is 5.95 Å². The first-order valence-electron chi connectivity index (χ1n) is 8.43. The predicted molar refractivity (Wildman–Crippen MR) is 98.6 cm³/mol. The van der Waals surface area contributed by atoms with Gasteiger partial charge in [-0.1, -0.05) is 26.0 Å². The zero-order valence-corrected chi connectivity index (χ0v) is 14.9. The Bertz CT molecular complexity index is 637. The van der Waals surface area contributed by atoms with Crippen molar-refractivity contribution < 1.29 is 0 Å². The van der Waals surface area contributed by atoms with E-state index in [-0.39, 0.29) is 0 Å². The molecule has 0 aliphatic heterocycles. The molecule has 1 aromatic heterocycles. The molecule has 0 saturated carbocycles. The molecule has 4 heteroatoms. The third-order valence-corrected chi connectivity index (χ3v) is 3.75. The van der Waals surface area contributed by atoms with Crippen LogP contribution in [0.2, 0.25) is 0 Å². The monoisotopic (exact) mass is 312 g/mol. The topological polar surface area (TPSA) is 41.1 Å². The summed E-state index contributed by atoms with van der Waals surface area (Å²) >= 11 is 0. The molecule has 0 radical (unpaired) electrons. The second kappa shape index (κ2) is 7.95. The first-order chi connectivity index (χ1) is 11.0. The first-order valence-corrected chi connectivity index (χ1v) is 8.43. The maximum atomic E-state index is 4.71. The number of benzene rings is 1. The van der Waals surface area contributed by atoms with Gasteiger partial charge in [-0.25, -0.2) is 4.98 Å². The lowest BCUT2D eigenvalue weighted by Gasteiger charge is -2.23. The van der Waals surface area contributed by atoms with Crippen LogP contribution in [0.3, 0.4) is 0 Å². The molecule has 1 N–H and O–H groups in total. The van der Waals surface area contributed by atoms with Crippen LogP contribution in [0.15, 0.2) is 30.3 Å². The SMILES string of the molecule is CCN(c1cccc(C)c1)c1cc(C)nc(NCCC(C)C)n1. The van der Waals surface area contributed by atoms with E-state index >= 15 is 0 Å². The lowest BCUT2D eigenvalue weighted by molar-refractivity contribution is 0.606. The lowest BCUT2D eigenvalue weighted by atomic mass is 10.1. The Morgan fingerprint density at radius 2 is 1.91 bits per heavy atom. The van der Waals surface area contributed by atoms with E-state index < -0.39 is 0 Å². The Balaban J connectivity index is 2.24. The number of hydrogen-bond acceptors (Lipinski definition) is 4. The molecule has 0 spiro atoms. The van der Waals surface area contributed by atoms with Crippen LogP contribution in [0.1, 0.15) is 38.4 Å². The molecule has 0 aliphatic carbocycles. The van der Waals surface area contributed by atoms with Crippen LogP contribution in [0.5, 0.6) is 0 Å². The number of aromatic nitrogens is 2. The largest absolute Gasteiger partial charge is 0.354 e. The molecule has 4 nitrogen and oxygen atoms in total. The van der Waals surface area contributed by atoms with Gasteiger partial charge in [-0.2, -0.15) is 4.98 Å². The molecule has 1 heterocycles. The summed E-state index contributed by atoms with van der Waals surface area (Å²) in [5.74, 6) is 2.33. The minimum Gasteiger partial charge on any atom is -0.354 e. The van der Waals surface area contributed by atoms with Gasteiger partial charge >= 0.3 is 0 Å². The maximum absolute atomic E-state index is 4.71. The summed E-state index contributed by atoms with van der Waals surface area (Å²) in [7, 11) is 0. The summed E-state index contributed by atoms with van der Waals surface area (Å²) in [6.45, 7) is 12.5. The van der Waals surface area contributed by atoms with Crippen LogP contribution in [-0.2, 0) is 0 Å². The van der Waals surface area contributed by atoms with E-state index in [1.54, 1.807) is 0 Å². The molecule has 1 aromatic carbocycles. The highest BCUT2D eigenvalue weighted by atomic mass is 15.2. The predicted octanol–water partition coefficient (Wildman–Crippen LogP) is 4.71. The number of hydrogen-bond donors (Lipinski definition) is 1. The van der Waals surface area contributed by atoms with Crippen molar-refractivity contribution in [1.82, 2.24) is 9.97 Å². The third-order valence-electron chi connectivity index (χ3n) is 3.75. The van der Waals surface area contributed by atoms with E-state index in [0.717, 1.165) is 31.0 Å². The minimum absolute atomic E-state index is 0.672. The fraction of sp³-hybridized carbons (Fsp3) is 0.474. The van der Waals surface area contributed by atoms with Crippen molar-refractivity contribution in [3.05, 3.63) is 41.6 Å². The zero-order valence-electron chi connectivity index (χ0n) is 14.9. The van der Waals surface area contributed by atoms with E-state index in [0.29, 0.717) is 11.9 Å². The summed E-state index contributed by atoms with van der Waals surface area (Å²) in [6, 6.07) is 10.6. The number of nitrogens with zero attached hydrogens (tertiary/aromatic N) is 3. The number of anilines is 3. The van der Waals surface area contributed by atoms with Crippen molar-refractivity contribution in [2.24, 2.45) is 5.92 Å². The Hall–Kier alpha value is -2.10. The van der Waals surface area contributed by atoms with Crippen LogP contribution in [0.4, 0.5) is 17.5 Å². The first kappa shape index (κ1) is 17.3. The van der Waals surface area contributed by atoms with Crippen LogP contribution in [-0.4, -0.2) is 23.1 Å². The summed E-state index contributed by atoms with van der Waals surface area (Å²) in [4.78, 5) is 11.4. The van der Waals surface area contributed by atoms with Gasteiger partial charge in [0.1, 0.15) is 5.82 Å².